The standard InChI is InChI=1S/C17H17Cl2NO6/c1-5-26-17(22)13-12(18)11(16(19)20(13)8-21)9-6-7-10(23-2)15(25-4)14(9)24-3/h6-8H,5H2,1-4H3. The molecule has 0 N–H and O–H groups in total. The number of ether oxygens (including phenoxy) is 4. The minimum Gasteiger partial charge on any atom is -0.493 e. The summed E-state index contributed by atoms with van der Waals surface area (Å²) in [6.07, 6.45) is 0.386. The van der Waals surface area contributed by atoms with Gasteiger partial charge in [-0.3, -0.25) is 9.36 Å². The second-order valence-corrected chi connectivity index (χ2v) is 5.64. The number of carbonyl (C=O) groups is 2. The first-order valence-corrected chi connectivity index (χ1v) is 8.23. The van der Waals surface area contributed by atoms with E-state index in [1.54, 1.807) is 19.1 Å². The first kappa shape index (κ1) is 19.9. The van der Waals surface area contributed by atoms with Crippen LogP contribution in [0.1, 0.15) is 17.4 Å². The number of halogens is 2. The van der Waals surface area contributed by atoms with E-state index >= 15 is 0 Å². The van der Waals surface area contributed by atoms with Gasteiger partial charge < -0.3 is 18.9 Å². The van der Waals surface area contributed by atoms with Gasteiger partial charge in [-0.15, -0.1) is 0 Å². The van der Waals surface area contributed by atoms with Crippen LogP contribution < -0.4 is 14.2 Å². The number of benzene rings is 1. The van der Waals surface area contributed by atoms with Crippen LogP contribution in [0.2, 0.25) is 10.2 Å². The highest BCUT2D eigenvalue weighted by Crippen LogP contribution is 2.49. The number of esters is 1. The van der Waals surface area contributed by atoms with Crippen LogP contribution >= 0.6 is 23.2 Å². The van der Waals surface area contributed by atoms with Gasteiger partial charge in [0.05, 0.1) is 33.0 Å². The molecule has 140 valence electrons. The van der Waals surface area contributed by atoms with E-state index in [0.717, 1.165) is 4.57 Å². The zero-order valence-electron chi connectivity index (χ0n) is 14.6. The number of aromatic nitrogens is 1. The van der Waals surface area contributed by atoms with Gasteiger partial charge in [-0.1, -0.05) is 23.2 Å². The predicted molar refractivity (Wildman–Crippen MR) is 97.6 cm³/mol. The van der Waals surface area contributed by atoms with Crippen molar-refractivity contribution in [2.75, 3.05) is 27.9 Å². The highest BCUT2D eigenvalue weighted by molar-refractivity contribution is 6.42. The van der Waals surface area contributed by atoms with E-state index in [0.29, 0.717) is 23.5 Å². The number of methoxy groups -OCH3 is 3. The van der Waals surface area contributed by atoms with Crippen molar-refractivity contribution in [2.45, 2.75) is 6.92 Å². The molecule has 0 atom stereocenters. The minimum absolute atomic E-state index is 0.0360. The van der Waals surface area contributed by atoms with Crippen molar-refractivity contribution in [3.8, 4) is 28.4 Å². The molecular weight excluding hydrogens is 385 g/mol. The Morgan fingerprint density at radius 2 is 1.77 bits per heavy atom. The highest BCUT2D eigenvalue weighted by Gasteiger charge is 2.30. The Morgan fingerprint density at radius 1 is 1.12 bits per heavy atom. The van der Waals surface area contributed by atoms with Crippen molar-refractivity contribution in [1.29, 1.82) is 0 Å². The lowest BCUT2D eigenvalue weighted by atomic mass is 10.1. The summed E-state index contributed by atoms with van der Waals surface area (Å²) in [6.45, 7) is 1.76. The molecule has 0 aliphatic heterocycles. The lowest BCUT2D eigenvalue weighted by Crippen LogP contribution is -2.12. The molecule has 0 fully saturated rings. The number of nitrogens with zero attached hydrogens (tertiary/aromatic N) is 1. The molecule has 0 saturated carbocycles. The van der Waals surface area contributed by atoms with Gasteiger partial charge in [-0.25, -0.2) is 4.79 Å². The average Bonchev–Trinajstić information content (AvgIpc) is 2.90. The monoisotopic (exact) mass is 401 g/mol. The molecule has 1 aromatic heterocycles. The summed E-state index contributed by atoms with van der Waals surface area (Å²) in [5.41, 5.74) is 0.493. The maximum absolute atomic E-state index is 12.2. The lowest BCUT2D eigenvalue weighted by Gasteiger charge is -2.15. The van der Waals surface area contributed by atoms with Crippen LogP contribution in [0.15, 0.2) is 12.1 Å². The number of hydrogen-bond acceptors (Lipinski definition) is 6. The van der Waals surface area contributed by atoms with Crippen LogP contribution in [0.25, 0.3) is 11.1 Å². The van der Waals surface area contributed by atoms with Gasteiger partial charge in [0.1, 0.15) is 5.15 Å². The van der Waals surface area contributed by atoms with Crippen LogP contribution in [-0.2, 0) is 9.53 Å². The number of rotatable bonds is 7. The molecule has 1 aromatic carbocycles. The van der Waals surface area contributed by atoms with Crippen LogP contribution in [0, 0.1) is 0 Å². The highest BCUT2D eigenvalue weighted by atomic mass is 35.5. The van der Waals surface area contributed by atoms with Crippen molar-refractivity contribution in [3.05, 3.63) is 28.0 Å². The molecule has 0 aliphatic rings. The Bertz CT molecular complexity index is 847. The summed E-state index contributed by atoms with van der Waals surface area (Å²) in [5.74, 6) is 0.267. The fraction of sp³-hybridized carbons (Fsp3) is 0.294. The summed E-state index contributed by atoms with van der Waals surface area (Å²) in [5, 5.41) is -0.0929. The smallest absolute Gasteiger partial charge is 0.357 e. The maximum Gasteiger partial charge on any atom is 0.357 e. The molecular formula is C17H17Cl2NO6. The molecule has 0 aliphatic carbocycles. The van der Waals surface area contributed by atoms with E-state index < -0.39 is 5.97 Å². The van der Waals surface area contributed by atoms with E-state index in [1.807, 2.05) is 0 Å². The largest absolute Gasteiger partial charge is 0.493 e. The Kier molecular flexibility index (Phi) is 6.39. The first-order chi connectivity index (χ1) is 12.5. The van der Waals surface area contributed by atoms with Crippen molar-refractivity contribution in [2.24, 2.45) is 0 Å². The zero-order valence-corrected chi connectivity index (χ0v) is 16.1. The predicted octanol–water partition coefficient (Wildman–Crippen LogP) is 3.70. The zero-order chi connectivity index (χ0) is 19.4. The summed E-state index contributed by atoms with van der Waals surface area (Å²) in [4.78, 5) is 23.7. The molecule has 2 rings (SSSR count). The maximum atomic E-state index is 12.2. The molecule has 0 saturated heterocycles. The van der Waals surface area contributed by atoms with Gasteiger partial charge in [0.25, 0.3) is 0 Å². The minimum atomic E-state index is -0.766. The van der Waals surface area contributed by atoms with Crippen LogP contribution in [0.4, 0.5) is 0 Å². The number of hydrogen-bond donors (Lipinski definition) is 0. The van der Waals surface area contributed by atoms with E-state index in [4.69, 9.17) is 42.1 Å². The van der Waals surface area contributed by atoms with Gasteiger partial charge in [0, 0.05) is 11.1 Å². The molecule has 1 heterocycles. The van der Waals surface area contributed by atoms with Gasteiger partial charge in [0.2, 0.25) is 12.2 Å². The average molecular weight is 402 g/mol. The fourth-order valence-corrected chi connectivity index (χ4v) is 3.28. The third-order valence-electron chi connectivity index (χ3n) is 3.63. The van der Waals surface area contributed by atoms with Crippen LogP contribution in [-0.4, -0.2) is 44.9 Å². The van der Waals surface area contributed by atoms with Crippen molar-refractivity contribution >= 4 is 35.6 Å². The Balaban J connectivity index is 2.82. The molecule has 0 spiro atoms. The third kappa shape index (κ3) is 3.20. The SMILES string of the molecule is CCOC(=O)c1c(Cl)c(-c2ccc(OC)c(OC)c2OC)c(Cl)n1C=O. The normalized spacial score (nSPS) is 10.4. The van der Waals surface area contributed by atoms with Crippen LogP contribution in [0.3, 0.4) is 0 Å². The molecule has 2 aromatic rings. The van der Waals surface area contributed by atoms with Gasteiger partial charge >= 0.3 is 5.97 Å². The van der Waals surface area contributed by atoms with Crippen molar-refractivity contribution in [1.82, 2.24) is 4.57 Å². The van der Waals surface area contributed by atoms with Crippen LogP contribution in [0.5, 0.6) is 17.2 Å². The molecule has 0 amide bonds. The van der Waals surface area contributed by atoms with E-state index in [9.17, 15) is 9.59 Å². The second-order valence-electron chi connectivity index (χ2n) is 4.91. The van der Waals surface area contributed by atoms with Gasteiger partial charge in [0.15, 0.2) is 17.2 Å². The summed E-state index contributed by atoms with van der Waals surface area (Å²) >= 11 is 12.7. The first-order valence-electron chi connectivity index (χ1n) is 7.47. The number of carbonyl (C=O) groups excluding carboxylic acids is 2. The quantitative estimate of drug-likeness (QED) is 0.519. The molecule has 0 radical (unpaired) electrons. The van der Waals surface area contributed by atoms with E-state index in [1.165, 1.54) is 21.3 Å². The molecule has 0 unspecified atom stereocenters. The fourth-order valence-electron chi connectivity index (χ4n) is 2.55. The molecule has 0 bridgehead atoms. The Morgan fingerprint density at radius 3 is 2.27 bits per heavy atom. The topological polar surface area (TPSA) is 76.0 Å². The van der Waals surface area contributed by atoms with E-state index in [2.05, 4.69) is 0 Å². The second kappa shape index (κ2) is 8.33. The van der Waals surface area contributed by atoms with E-state index in [-0.39, 0.29) is 33.8 Å². The van der Waals surface area contributed by atoms with Crippen molar-refractivity contribution < 1.29 is 28.5 Å². The third-order valence-corrected chi connectivity index (χ3v) is 4.37. The molecule has 7 nitrogen and oxygen atoms in total. The molecule has 9 heteroatoms. The van der Waals surface area contributed by atoms with Crippen molar-refractivity contribution in [3.63, 3.8) is 0 Å². The Hall–Kier alpha value is -2.38. The summed E-state index contributed by atoms with van der Waals surface area (Å²) < 4.78 is 21.9. The molecule has 26 heavy (non-hydrogen) atoms. The van der Waals surface area contributed by atoms with Gasteiger partial charge in [-0.05, 0) is 19.1 Å². The van der Waals surface area contributed by atoms with Gasteiger partial charge in [-0.2, -0.15) is 0 Å². The summed E-state index contributed by atoms with van der Waals surface area (Å²) in [6, 6.07) is 3.27. The lowest BCUT2D eigenvalue weighted by molar-refractivity contribution is 0.0518. The summed E-state index contributed by atoms with van der Waals surface area (Å²) in [7, 11) is 4.37. The Labute approximate surface area is 160 Å².